The molecule has 0 saturated carbocycles. The van der Waals surface area contributed by atoms with Gasteiger partial charge in [-0.05, 0) is 6.92 Å². The van der Waals surface area contributed by atoms with Gasteiger partial charge in [-0.2, -0.15) is 0 Å². The van der Waals surface area contributed by atoms with Crippen molar-refractivity contribution in [1.82, 2.24) is 9.97 Å². The number of ether oxygens (including phenoxy) is 1. The normalized spacial score (nSPS) is 12.5. The highest BCUT2D eigenvalue weighted by Crippen LogP contribution is 2.22. The molecule has 0 aliphatic heterocycles. The van der Waals surface area contributed by atoms with Crippen LogP contribution in [0, 0.1) is 0 Å². The van der Waals surface area contributed by atoms with Crippen LogP contribution in [0.15, 0.2) is 6.33 Å². The highest BCUT2D eigenvalue weighted by atomic mass is 35.5. The molecule has 1 atom stereocenters. The molecule has 1 aromatic heterocycles. The molecule has 6 heteroatoms. The Balaban J connectivity index is 2.63. The lowest BCUT2D eigenvalue weighted by Gasteiger charge is -2.12. The van der Waals surface area contributed by atoms with Gasteiger partial charge in [0.25, 0.3) is 0 Å². The first-order chi connectivity index (χ1) is 6.65. The van der Waals surface area contributed by atoms with Gasteiger partial charge in [0.1, 0.15) is 17.2 Å². The molecule has 1 rings (SSSR count). The van der Waals surface area contributed by atoms with Gasteiger partial charge in [0.15, 0.2) is 5.82 Å². The van der Waals surface area contributed by atoms with Crippen molar-refractivity contribution in [3.63, 3.8) is 0 Å². The Bertz CT molecular complexity index is 307. The van der Waals surface area contributed by atoms with Crippen LogP contribution in [0.2, 0.25) is 5.02 Å². The van der Waals surface area contributed by atoms with Gasteiger partial charge in [-0.15, -0.1) is 0 Å². The number of hydrogen-bond donors (Lipinski definition) is 2. The van der Waals surface area contributed by atoms with E-state index in [1.807, 2.05) is 6.92 Å². The van der Waals surface area contributed by atoms with E-state index in [9.17, 15) is 0 Å². The number of halogens is 1. The molecule has 1 heterocycles. The number of anilines is 2. The molecule has 0 radical (unpaired) electrons. The fourth-order valence-electron chi connectivity index (χ4n) is 0.830. The van der Waals surface area contributed by atoms with Crippen LogP contribution in [0.1, 0.15) is 6.92 Å². The third-order valence-electron chi connectivity index (χ3n) is 1.78. The fraction of sp³-hybridized carbons (Fsp3) is 0.500. The summed E-state index contributed by atoms with van der Waals surface area (Å²) in [5.74, 6) is 0.803. The lowest BCUT2D eigenvalue weighted by atomic mass is 10.4. The van der Waals surface area contributed by atoms with E-state index < -0.39 is 0 Å². The number of nitrogens with zero attached hydrogens (tertiary/aromatic N) is 2. The van der Waals surface area contributed by atoms with Crippen molar-refractivity contribution in [2.24, 2.45) is 0 Å². The maximum atomic E-state index is 5.87. The van der Waals surface area contributed by atoms with E-state index in [4.69, 9.17) is 22.1 Å². The first kappa shape index (κ1) is 11.0. The minimum absolute atomic E-state index is 0.0854. The number of nitrogen functional groups attached to an aromatic ring is 1. The van der Waals surface area contributed by atoms with Crippen LogP contribution >= 0.6 is 11.6 Å². The molecular formula is C8H13ClN4O. The second-order valence-electron chi connectivity index (χ2n) is 2.85. The molecule has 0 aromatic carbocycles. The maximum absolute atomic E-state index is 5.87. The van der Waals surface area contributed by atoms with Crippen LogP contribution in [-0.4, -0.2) is 29.7 Å². The van der Waals surface area contributed by atoms with Crippen molar-refractivity contribution in [1.29, 1.82) is 0 Å². The molecule has 0 aliphatic rings. The predicted molar refractivity (Wildman–Crippen MR) is 56.4 cm³/mol. The average molecular weight is 217 g/mol. The second-order valence-corrected chi connectivity index (χ2v) is 3.23. The second kappa shape index (κ2) is 4.97. The van der Waals surface area contributed by atoms with Crippen LogP contribution in [0.25, 0.3) is 0 Å². The molecule has 78 valence electrons. The Hall–Kier alpha value is -1.07. The van der Waals surface area contributed by atoms with Gasteiger partial charge >= 0.3 is 0 Å². The van der Waals surface area contributed by atoms with Crippen LogP contribution in [-0.2, 0) is 4.74 Å². The van der Waals surface area contributed by atoms with Crippen LogP contribution in [0.4, 0.5) is 11.6 Å². The van der Waals surface area contributed by atoms with Crippen LogP contribution in [0.5, 0.6) is 0 Å². The third kappa shape index (κ3) is 2.71. The molecule has 3 N–H and O–H groups in total. The summed E-state index contributed by atoms with van der Waals surface area (Å²) >= 11 is 5.87. The molecule has 0 fully saturated rings. The van der Waals surface area contributed by atoms with Crippen molar-refractivity contribution in [3.05, 3.63) is 11.3 Å². The number of rotatable bonds is 4. The lowest BCUT2D eigenvalue weighted by molar-refractivity contribution is 0.128. The summed E-state index contributed by atoms with van der Waals surface area (Å²) in [4.78, 5) is 7.71. The average Bonchev–Trinajstić information content (AvgIpc) is 2.20. The van der Waals surface area contributed by atoms with E-state index in [1.54, 1.807) is 7.11 Å². The van der Waals surface area contributed by atoms with E-state index in [-0.39, 0.29) is 11.9 Å². The van der Waals surface area contributed by atoms with Gasteiger partial charge in [-0.25, -0.2) is 9.97 Å². The summed E-state index contributed by atoms with van der Waals surface area (Å²) in [5.41, 5.74) is 5.51. The van der Waals surface area contributed by atoms with Gasteiger partial charge in [0.05, 0.1) is 6.10 Å². The summed E-state index contributed by atoms with van der Waals surface area (Å²) < 4.78 is 5.06. The van der Waals surface area contributed by atoms with Gasteiger partial charge in [-0.1, -0.05) is 11.6 Å². The van der Waals surface area contributed by atoms with Gasteiger partial charge < -0.3 is 15.8 Å². The van der Waals surface area contributed by atoms with Crippen molar-refractivity contribution in [2.75, 3.05) is 24.7 Å². The smallest absolute Gasteiger partial charge is 0.150 e. The zero-order chi connectivity index (χ0) is 10.6. The molecule has 0 saturated heterocycles. The summed E-state index contributed by atoms with van der Waals surface area (Å²) in [6, 6.07) is 0. The lowest BCUT2D eigenvalue weighted by Crippen LogP contribution is -2.19. The summed E-state index contributed by atoms with van der Waals surface area (Å²) in [6.07, 6.45) is 1.45. The third-order valence-corrected chi connectivity index (χ3v) is 2.15. The number of nitrogens with one attached hydrogen (secondary N) is 1. The van der Waals surface area contributed by atoms with Crippen molar-refractivity contribution in [2.45, 2.75) is 13.0 Å². The van der Waals surface area contributed by atoms with Gasteiger partial charge in [-0.3, -0.25) is 0 Å². The van der Waals surface area contributed by atoms with Crippen molar-refractivity contribution in [3.8, 4) is 0 Å². The first-order valence-electron chi connectivity index (χ1n) is 4.17. The van der Waals surface area contributed by atoms with Crippen LogP contribution in [0.3, 0.4) is 0 Å². The van der Waals surface area contributed by atoms with E-state index in [1.165, 1.54) is 6.33 Å². The highest BCUT2D eigenvalue weighted by Gasteiger charge is 2.06. The molecule has 5 nitrogen and oxygen atoms in total. The number of aromatic nitrogens is 2. The number of hydrogen-bond acceptors (Lipinski definition) is 5. The van der Waals surface area contributed by atoms with Gasteiger partial charge in [0.2, 0.25) is 0 Å². The Morgan fingerprint density at radius 3 is 3.00 bits per heavy atom. The fourth-order valence-corrected chi connectivity index (χ4v) is 0.995. The summed E-state index contributed by atoms with van der Waals surface area (Å²) in [6.45, 7) is 2.55. The summed E-state index contributed by atoms with van der Waals surface area (Å²) in [5, 5.41) is 3.36. The first-order valence-corrected chi connectivity index (χ1v) is 4.55. The van der Waals surface area contributed by atoms with Crippen LogP contribution < -0.4 is 11.1 Å². The number of methoxy groups -OCH3 is 1. The maximum Gasteiger partial charge on any atom is 0.150 e. The minimum Gasteiger partial charge on any atom is -0.382 e. The van der Waals surface area contributed by atoms with E-state index in [2.05, 4.69) is 15.3 Å². The number of nitrogens with two attached hydrogens (primary N) is 1. The van der Waals surface area contributed by atoms with E-state index in [0.29, 0.717) is 17.4 Å². The topological polar surface area (TPSA) is 73.1 Å². The van der Waals surface area contributed by atoms with E-state index >= 15 is 0 Å². The Morgan fingerprint density at radius 2 is 2.36 bits per heavy atom. The largest absolute Gasteiger partial charge is 0.382 e. The Labute approximate surface area is 87.6 Å². The molecule has 0 spiro atoms. The molecular weight excluding hydrogens is 204 g/mol. The Morgan fingerprint density at radius 1 is 1.64 bits per heavy atom. The molecule has 1 unspecified atom stereocenters. The quantitative estimate of drug-likeness (QED) is 0.790. The van der Waals surface area contributed by atoms with Crippen molar-refractivity contribution >= 4 is 23.2 Å². The molecule has 0 aliphatic carbocycles. The molecule has 0 amide bonds. The molecule has 14 heavy (non-hydrogen) atoms. The standard InChI is InChI=1S/C8H13ClN4O/c1-5(14-2)3-11-8-6(9)7(10)12-4-13-8/h4-5H,3H2,1-2H3,(H3,10,11,12,13). The summed E-state index contributed by atoms with van der Waals surface area (Å²) in [7, 11) is 1.64. The molecule has 0 bridgehead atoms. The highest BCUT2D eigenvalue weighted by molar-refractivity contribution is 6.35. The minimum atomic E-state index is 0.0854. The zero-order valence-electron chi connectivity index (χ0n) is 8.12. The van der Waals surface area contributed by atoms with Crippen molar-refractivity contribution < 1.29 is 4.74 Å². The SMILES string of the molecule is COC(C)CNc1ncnc(N)c1Cl. The predicted octanol–water partition coefficient (Wildman–Crippen LogP) is 1.16. The zero-order valence-corrected chi connectivity index (χ0v) is 8.88. The van der Waals surface area contributed by atoms with Gasteiger partial charge in [0, 0.05) is 13.7 Å². The Kier molecular flexibility index (Phi) is 3.91. The van der Waals surface area contributed by atoms with E-state index in [0.717, 1.165) is 0 Å². The monoisotopic (exact) mass is 216 g/mol. The molecule has 1 aromatic rings.